The lowest BCUT2D eigenvalue weighted by atomic mass is 10.0. The monoisotopic (exact) mass is 485 g/mol. The zero-order valence-electron chi connectivity index (χ0n) is 17.7. The summed E-state index contributed by atoms with van der Waals surface area (Å²) in [4.78, 5) is 31.1. The highest BCUT2D eigenvalue weighted by molar-refractivity contribution is 6.30. The first-order valence-corrected chi connectivity index (χ1v) is 10.7. The number of nitrogens with one attached hydrogen (secondary N) is 1. The Morgan fingerprint density at radius 1 is 0.971 bits per heavy atom. The molecule has 0 saturated heterocycles. The van der Waals surface area contributed by atoms with Crippen LogP contribution in [0.1, 0.15) is 16.7 Å². The van der Waals surface area contributed by atoms with Crippen molar-refractivity contribution in [3.8, 4) is 0 Å². The molecule has 0 bridgehead atoms. The molecule has 3 aromatic carbocycles. The molecule has 0 unspecified atom stereocenters. The maximum Gasteiger partial charge on any atom is 0.406 e. The summed E-state index contributed by atoms with van der Waals surface area (Å²) in [7, 11) is 0. The van der Waals surface area contributed by atoms with Crippen LogP contribution in [0.5, 0.6) is 0 Å². The molecule has 1 aliphatic rings. The number of amides is 2. The first-order chi connectivity index (χ1) is 16.2. The molecule has 4 rings (SSSR count). The third-order valence-electron chi connectivity index (χ3n) is 5.17. The minimum atomic E-state index is -4.65. The number of fused-ring (bicyclic) bond motifs is 1. The Bertz CT molecular complexity index is 1230. The molecule has 1 heterocycles. The van der Waals surface area contributed by atoms with Crippen molar-refractivity contribution in [1.82, 2.24) is 5.32 Å². The molecule has 0 saturated carbocycles. The average Bonchev–Trinajstić information content (AvgIpc) is 2.91. The predicted molar refractivity (Wildman–Crippen MR) is 124 cm³/mol. The molecule has 5 nitrogen and oxygen atoms in total. The number of hydrogen-bond donors (Lipinski definition) is 1. The van der Waals surface area contributed by atoms with Crippen LogP contribution in [-0.2, 0) is 16.0 Å². The Balaban J connectivity index is 1.74. The molecule has 174 valence electrons. The standard InChI is InChI=1S/C25H19ClF3N3O2/c26-18-12-10-16(11-13-18)14-21(33)30-23-24(34)32(15-25(27,28)29)20-9-5-4-8-19(20)22(31-23)17-6-2-1-3-7-17/h1-13,23H,14-15H2,(H,30,33)/t23-/m1/s1. The molecular formula is C25H19ClF3N3O2. The second-order valence-corrected chi connectivity index (χ2v) is 8.11. The first kappa shape index (κ1) is 23.5. The molecule has 3 aromatic rings. The number of carbonyl (C=O) groups excluding carboxylic acids is 2. The van der Waals surface area contributed by atoms with Gasteiger partial charge < -0.3 is 5.32 Å². The molecule has 0 spiro atoms. The van der Waals surface area contributed by atoms with Gasteiger partial charge in [0.1, 0.15) is 6.54 Å². The van der Waals surface area contributed by atoms with E-state index in [2.05, 4.69) is 10.3 Å². The van der Waals surface area contributed by atoms with Gasteiger partial charge in [-0.15, -0.1) is 0 Å². The minimum Gasteiger partial charge on any atom is -0.326 e. The van der Waals surface area contributed by atoms with Crippen molar-refractivity contribution >= 4 is 34.8 Å². The van der Waals surface area contributed by atoms with Crippen molar-refractivity contribution in [2.75, 3.05) is 11.4 Å². The van der Waals surface area contributed by atoms with Crippen LogP contribution >= 0.6 is 11.6 Å². The van der Waals surface area contributed by atoms with Gasteiger partial charge in [0, 0.05) is 16.1 Å². The summed E-state index contributed by atoms with van der Waals surface area (Å²) in [6.07, 6.45) is -6.29. The zero-order valence-corrected chi connectivity index (χ0v) is 18.5. The number of benzene rings is 3. The van der Waals surface area contributed by atoms with E-state index >= 15 is 0 Å². The van der Waals surface area contributed by atoms with Crippen LogP contribution in [0.25, 0.3) is 0 Å². The average molecular weight is 486 g/mol. The topological polar surface area (TPSA) is 61.8 Å². The molecular weight excluding hydrogens is 467 g/mol. The molecule has 9 heteroatoms. The number of benzodiazepines with no additional fused rings is 1. The van der Waals surface area contributed by atoms with Crippen LogP contribution in [0.4, 0.5) is 18.9 Å². The van der Waals surface area contributed by atoms with E-state index in [0.717, 1.165) is 0 Å². The summed E-state index contributed by atoms with van der Waals surface area (Å²) in [5.41, 5.74) is 1.98. The zero-order chi connectivity index (χ0) is 24.3. The lowest BCUT2D eigenvalue weighted by Crippen LogP contribution is -2.50. The second-order valence-electron chi connectivity index (χ2n) is 7.67. The lowest BCUT2D eigenvalue weighted by molar-refractivity contribution is -0.134. The van der Waals surface area contributed by atoms with E-state index in [9.17, 15) is 22.8 Å². The highest BCUT2D eigenvalue weighted by atomic mass is 35.5. The van der Waals surface area contributed by atoms with Crippen molar-refractivity contribution in [1.29, 1.82) is 0 Å². The fraction of sp³-hybridized carbons (Fsp3) is 0.160. The van der Waals surface area contributed by atoms with Gasteiger partial charge in [0.05, 0.1) is 17.8 Å². The molecule has 2 amide bonds. The fourth-order valence-electron chi connectivity index (χ4n) is 3.68. The number of para-hydroxylation sites is 1. The van der Waals surface area contributed by atoms with Gasteiger partial charge in [-0.05, 0) is 23.8 Å². The van der Waals surface area contributed by atoms with Gasteiger partial charge in [-0.3, -0.25) is 14.5 Å². The van der Waals surface area contributed by atoms with Crippen LogP contribution < -0.4 is 10.2 Å². The molecule has 0 radical (unpaired) electrons. The highest BCUT2D eigenvalue weighted by Crippen LogP contribution is 2.31. The van der Waals surface area contributed by atoms with Crippen LogP contribution in [0.15, 0.2) is 83.9 Å². The van der Waals surface area contributed by atoms with Gasteiger partial charge in [0.2, 0.25) is 12.1 Å². The maximum atomic E-state index is 13.4. The van der Waals surface area contributed by atoms with E-state index in [1.54, 1.807) is 72.8 Å². The van der Waals surface area contributed by atoms with Gasteiger partial charge in [0.15, 0.2) is 0 Å². The first-order valence-electron chi connectivity index (χ1n) is 10.4. The fourth-order valence-corrected chi connectivity index (χ4v) is 3.81. The van der Waals surface area contributed by atoms with E-state index in [0.29, 0.717) is 32.3 Å². The van der Waals surface area contributed by atoms with Crippen LogP contribution in [0.2, 0.25) is 5.02 Å². The van der Waals surface area contributed by atoms with Crippen molar-refractivity contribution in [2.45, 2.75) is 18.8 Å². The number of halogens is 4. The Hall–Kier alpha value is -3.65. The van der Waals surface area contributed by atoms with Crippen molar-refractivity contribution in [3.63, 3.8) is 0 Å². The van der Waals surface area contributed by atoms with E-state index in [4.69, 9.17) is 11.6 Å². The second kappa shape index (κ2) is 9.69. The molecule has 0 aromatic heterocycles. The number of alkyl halides is 3. The number of aliphatic imine (C=N–C) groups is 1. The van der Waals surface area contributed by atoms with Crippen molar-refractivity contribution in [3.05, 3.63) is 101 Å². The normalized spacial score (nSPS) is 15.9. The predicted octanol–water partition coefficient (Wildman–Crippen LogP) is 4.77. The lowest BCUT2D eigenvalue weighted by Gasteiger charge is -2.26. The third kappa shape index (κ3) is 5.46. The van der Waals surface area contributed by atoms with Crippen LogP contribution in [0, 0.1) is 0 Å². The van der Waals surface area contributed by atoms with Crippen LogP contribution in [-0.4, -0.2) is 36.4 Å². The van der Waals surface area contributed by atoms with E-state index < -0.39 is 30.7 Å². The summed E-state index contributed by atoms with van der Waals surface area (Å²) < 4.78 is 40.3. The van der Waals surface area contributed by atoms with E-state index in [-0.39, 0.29) is 12.1 Å². The van der Waals surface area contributed by atoms with E-state index in [1.807, 2.05) is 0 Å². The van der Waals surface area contributed by atoms with Gasteiger partial charge in [-0.2, -0.15) is 13.2 Å². The third-order valence-corrected chi connectivity index (χ3v) is 5.42. The van der Waals surface area contributed by atoms with Gasteiger partial charge in [0.25, 0.3) is 5.91 Å². The summed E-state index contributed by atoms with van der Waals surface area (Å²) in [6.45, 7) is -1.51. The maximum absolute atomic E-state index is 13.4. The number of rotatable bonds is 5. The Labute approximate surface area is 198 Å². The number of anilines is 1. The molecule has 1 atom stereocenters. The smallest absolute Gasteiger partial charge is 0.326 e. The summed E-state index contributed by atoms with van der Waals surface area (Å²) in [5.74, 6) is -1.53. The Kier molecular flexibility index (Phi) is 6.70. The van der Waals surface area contributed by atoms with Crippen LogP contribution in [0.3, 0.4) is 0 Å². The van der Waals surface area contributed by atoms with Crippen molar-refractivity contribution in [2.24, 2.45) is 4.99 Å². The summed E-state index contributed by atoms with van der Waals surface area (Å²) in [6, 6.07) is 21.6. The molecule has 34 heavy (non-hydrogen) atoms. The molecule has 1 N–H and O–H groups in total. The van der Waals surface area contributed by atoms with E-state index in [1.165, 1.54) is 6.07 Å². The van der Waals surface area contributed by atoms with Gasteiger partial charge in [-0.25, -0.2) is 4.99 Å². The minimum absolute atomic E-state index is 0.0712. The van der Waals surface area contributed by atoms with Gasteiger partial charge in [-0.1, -0.05) is 72.3 Å². The number of nitrogens with zero attached hydrogens (tertiary/aromatic N) is 2. The Morgan fingerprint density at radius 2 is 1.62 bits per heavy atom. The molecule has 0 aliphatic carbocycles. The highest BCUT2D eigenvalue weighted by Gasteiger charge is 2.39. The van der Waals surface area contributed by atoms with Crippen molar-refractivity contribution < 1.29 is 22.8 Å². The molecule has 0 fully saturated rings. The Morgan fingerprint density at radius 3 is 2.29 bits per heavy atom. The SMILES string of the molecule is O=C(Cc1ccc(Cl)cc1)N[C@@H]1N=C(c2ccccc2)c2ccccc2N(CC(F)(F)F)C1=O. The number of carbonyl (C=O) groups is 2. The quantitative estimate of drug-likeness (QED) is 0.566. The summed E-state index contributed by atoms with van der Waals surface area (Å²) >= 11 is 5.87. The largest absolute Gasteiger partial charge is 0.406 e. The molecule has 1 aliphatic heterocycles. The summed E-state index contributed by atoms with van der Waals surface area (Å²) in [5, 5.41) is 3.00. The number of hydrogen-bond acceptors (Lipinski definition) is 3. The van der Waals surface area contributed by atoms with Gasteiger partial charge >= 0.3 is 6.18 Å².